The smallest absolute Gasteiger partial charge is 0.166 e. The first-order chi connectivity index (χ1) is 7.60. The molecule has 1 rings (SSSR count). The van der Waals surface area contributed by atoms with Crippen molar-refractivity contribution in [2.75, 3.05) is 7.11 Å². The molecule has 0 unspecified atom stereocenters. The number of carbonyl (C=O) groups excluding carboxylic acids is 1. The maximum atomic E-state index is 11.9. The van der Waals surface area contributed by atoms with Gasteiger partial charge in [-0.25, -0.2) is 0 Å². The van der Waals surface area contributed by atoms with Crippen LogP contribution < -0.4 is 4.74 Å². The summed E-state index contributed by atoms with van der Waals surface area (Å²) in [4.78, 5) is 11.9. The average Bonchev–Trinajstić information content (AvgIpc) is 2.28. The Morgan fingerprint density at radius 1 is 1.38 bits per heavy atom. The highest BCUT2D eigenvalue weighted by atomic mass is 16.5. The van der Waals surface area contributed by atoms with Gasteiger partial charge in [-0.05, 0) is 30.0 Å². The van der Waals surface area contributed by atoms with Crippen LogP contribution in [0.5, 0.6) is 5.75 Å². The Bertz CT molecular complexity index is 367. The van der Waals surface area contributed by atoms with Gasteiger partial charge in [0.25, 0.3) is 0 Å². The van der Waals surface area contributed by atoms with Crippen LogP contribution in [0.4, 0.5) is 0 Å². The molecule has 0 aliphatic carbocycles. The minimum Gasteiger partial charge on any atom is -0.496 e. The van der Waals surface area contributed by atoms with Gasteiger partial charge in [0.2, 0.25) is 0 Å². The van der Waals surface area contributed by atoms with E-state index in [1.54, 1.807) is 7.11 Å². The van der Waals surface area contributed by atoms with Crippen LogP contribution in [0.3, 0.4) is 0 Å². The summed E-state index contributed by atoms with van der Waals surface area (Å²) in [5, 5.41) is 0. The van der Waals surface area contributed by atoms with Crippen molar-refractivity contribution in [3.8, 4) is 5.75 Å². The van der Waals surface area contributed by atoms with Crippen LogP contribution in [-0.4, -0.2) is 12.9 Å². The highest BCUT2D eigenvalue weighted by Crippen LogP contribution is 2.25. The highest BCUT2D eigenvalue weighted by molar-refractivity contribution is 5.98. The Balaban J connectivity index is 3.11. The molecule has 0 bridgehead atoms. The third-order valence-electron chi connectivity index (χ3n) is 2.67. The summed E-state index contributed by atoms with van der Waals surface area (Å²) < 4.78 is 5.23. The van der Waals surface area contributed by atoms with Gasteiger partial charge in [-0.3, -0.25) is 4.79 Å². The SMILES string of the molecule is CCCC(=O)c1cc(C(C)C)ccc1OC. The maximum Gasteiger partial charge on any atom is 0.166 e. The van der Waals surface area contributed by atoms with Gasteiger partial charge in [0.1, 0.15) is 5.75 Å². The van der Waals surface area contributed by atoms with Crippen molar-refractivity contribution in [3.63, 3.8) is 0 Å². The van der Waals surface area contributed by atoms with E-state index in [2.05, 4.69) is 13.8 Å². The molecule has 0 heterocycles. The standard InChI is InChI=1S/C14H20O2/c1-5-6-13(15)12-9-11(10(2)3)7-8-14(12)16-4/h7-10H,5-6H2,1-4H3. The molecule has 0 aliphatic rings. The number of carbonyl (C=O) groups is 1. The second-order valence-electron chi connectivity index (χ2n) is 4.29. The molecular weight excluding hydrogens is 200 g/mol. The molecule has 0 fully saturated rings. The zero-order chi connectivity index (χ0) is 12.1. The van der Waals surface area contributed by atoms with E-state index in [0.717, 1.165) is 12.0 Å². The largest absolute Gasteiger partial charge is 0.496 e. The van der Waals surface area contributed by atoms with Gasteiger partial charge in [0.05, 0.1) is 12.7 Å². The van der Waals surface area contributed by atoms with Gasteiger partial charge in [0, 0.05) is 6.42 Å². The molecule has 0 radical (unpaired) electrons. The first kappa shape index (κ1) is 12.8. The van der Waals surface area contributed by atoms with Crippen molar-refractivity contribution in [2.24, 2.45) is 0 Å². The lowest BCUT2D eigenvalue weighted by Gasteiger charge is -2.11. The number of hydrogen-bond donors (Lipinski definition) is 0. The van der Waals surface area contributed by atoms with Gasteiger partial charge in [-0.2, -0.15) is 0 Å². The molecule has 0 spiro atoms. The molecule has 0 aromatic heterocycles. The van der Waals surface area contributed by atoms with Crippen molar-refractivity contribution in [1.29, 1.82) is 0 Å². The average molecular weight is 220 g/mol. The summed E-state index contributed by atoms with van der Waals surface area (Å²) in [6.07, 6.45) is 1.45. The molecule has 0 atom stereocenters. The number of methoxy groups -OCH3 is 1. The summed E-state index contributed by atoms with van der Waals surface area (Å²) in [7, 11) is 1.60. The van der Waals surface area contributed by atoms with E-state index in [9.17, 15) is 4.79 Å². The fourth-order valence-corrected chi connectivity index (χ4v) is 1.66. The lowest BCUT2D eigenvalue weighted by Crippen LogP contribution is -2.03. The first-order valence-electron chi connectivity index (χ1n) is 5.81. The lowest BCUT2D eigenvalue weighted by molar-refractivity contribution is 0.0978. The quantitative estimate of drug-likeness (QED) is 0.705. The fraction of sp³-hybridized carbons (Fsp3) is 0.500. The number of Topliss-reactive ketones (excluding diaryl/α,β-unsaturated/α-hetero) is 1. The van der Waals surface area contributed by atoms with Gasteiger partial charge in [-0.1, -0.05) is 26.8 Å². The van der Waals surface area contributed by atoms with Crippen LogP contribution in [0.1, 0.15) is 55.5 Å². The normalized spacial score (nSPS) is 10.6. The molecule has 1 aromatic rings. The van der Waals surface area contributed by atoms with Crippen molar-refractivity contribution in [1.82, 2.24) is 0 Å². The van der Waals surface area contributed by atoms with Crippen LogP contribution >= 0.6 is 0 Å². The summed E-state index contributed by atoms with van der Waals surface area (Å²) in [6, 6.07) is 5.87. The van der Waals surface area contributed by atoms with Gasteiger partial charge >= 0.3 is 0 Å². The van der Waals surface area contributed by atoms with E-state index < -0.39 is 0 Å². The van der Waals surface area contributed by atoms with E-state index in [0.29, 0.717) is 18.1 Å². The van der Waals surface area contributed by atoms with Crippen LogP contribution in [0.2, 0.25) is 0 Å². The Labute approximate surface area is 97.6 Å². The van der Waals surface area contributed by atoms with Crippen LogP contribution in [-0.2, 0) is 0 Å². The Morgan fingerprint density at radius 2 is 2.06 bits per heavy atom. The fourth-order valence-electron chi connectivity index (χ4n) is 1.66. The molecule has 88 valence electrons. The number of rotatable bonds is 5. The lowest BCUT2D eigenvalue weighted by atomic mass is 9.97. The Kier molecular flexibility index (Phi) is 4.53. The van der Waals surface area contributed by atoms with Crippen molar-refractivity contribution < 1.29 is 9.53 Å². The number of hydrogen-bond acceptors (Lipinski definition) is 2. The predicted octanol–water partition coefficient (Wildman–Crippen LogP) is 3.80. The minimum atomic E-state index is 0.168. The Morgan fingerprint density at radius 3 is 2.56 bits per heavy atom. The van der Waals surface area contributed by atoms with Crippen LogP contribution in [0.15, 0.2) is 18.2 Å². The molecule has 0 N–H and O–H groups in total. The maximum absolute atomic E-state index is 11.9. The molecule has 0 saturated heterocycles. The summed E-state index contributed by atoms with van der Waals surface area (Å²) >= 11 is 0. The molecule has 1 aromatic carbocycles. The van der Waals surface area contributed by atoms with E-state index in [4.69, 9.17) is 4.74 Å². The monoisotopic (exact) mass is 220 g/mol. The Hall–Kier alpha value is -1.31. The van der Waals surface area contributed by atoms with Crippen LogP contribution in [0, 0.1) is 0 Å². The molecule has 16 heavy (non-hydrogen) atoms. The first-order valence-corrected chi connectivity index (χ1v) is 5.81. The second-order valence-corrected chi connectivity index (χ2v) is 4.29. The topological polar surface area (TPSA) is 26.3 Å². The number of ketones is 1. The summed E-state index contributed by atoms with van der Waals surface area (Å²) in [5.41, 5.74) is 1.90. The molecule has 0 aliphatic heterocycles. The van der Waals surface area contributed by atoms with Crippen molar-refractivity contribution in [2.45, 2.75) is 39.5 Å². The third-order valence-corrected chi connectivity index (χ3v) is 2.67. The van der Waals surface area contributed by atoms with Crippen molar-refractivity contribution in [3.05, 3.63) is 29.3 Å². The third kappa shape index (κ3) is 2.84. The predicted molar refractivity (Wildman–Crippen MR) is 66.3 cm³/mol. The van der Waals surface area contributed by atoms with Gasteiger partial charge in [0.15, 0.2) is 5.78 Å². The second kappa shape index (κ2) is 5.69. The molecule has 2 nitrogen and oxygen atoms in total. The zero-order valence-electron chi connectivity index (χ0n) is 10.5. The van der Waals surface area contributed by atoms with Gasteiger partial charge in [-0.15, -0.1) is 0 Å². The highest BCUT2D eigenvalue weighted by Gasteiger charge is 2.13. The number of benzene rings is 1. The molecule has 0 saturated carbocycles. The molecule has 0 amide bonds. The van der Waals surface area contributed by atoms with Gasteiger partial charge < -0.3 is 4.74 Å². The minimum absolute atomic E-state index is 0.168. The van der Waals surface area contributed by atoms with Crippen LogP contribution in [0.25, 0.3) is 0 Å². The van der Waals surface area contributed by atoms with Crippen molar-refractivity contribution >= 4 is 5.78 Å². The molecular formula is C14H20O2. The van der Waals surface area contributed by atoms with E-state index in [1.807, 2.05) is 25.1 Å². The summed E-state index contributed by atoms with van der Waals surface area (Å²) in [5.74, 6) is 1.28. The summed E-state index contributed by atoms with van der Waals surface area (Å²) in [6.45, 7) is 6.25. The zero-order valence-corrected chi connectivity index (χ0v) is 10.5. The van der Waals surface area contributed by atoms with E-state index >= 15 is 0 Å². The number of ether oxygens (including phenoxy) is 1. The van der Waals surface area contributed by atoms with E-state index in [-0.39, 0.29) is 5.78 Å². The molecule has 2 heteroatoms. The van der Waals surface area contributed by atoms with E-state index in [1.165, 1.54) is 5.56 Å².